The highest BCUT2D eigenvalue weighted by molar-refractivity contribution is 5.78. The van der Waals surface area contributed by atoms with E-state index in [9.17, 15) is 28.1 Å². The van der Waals surface area contributed by atoms with Gasteiger partial charge in [0, 0.05) is 51.9 Å². The third kappa shape index (κ3) is 7.43. The van der Waals surface area contributed by atoms with Crippen LogP contribution in [-0.2, 0) is 21.4 Å². The fourth-order valence-electron chi connectivity index (χ4n) is 9.05. The van der Waals surface area contributed by atoms with Gasteiger partial charge in [0.25, 0.3) is 5.69 Å². The average molecular weight is 709 g/mol. The summed E-state index contributed by atoms with van der Waals surface area (Å²) in [5, 5.41) is 15.1. The van der Waals surface area contributed by atoms with Crippen molar-refractivity contribution in [2.45, 2.75) is 81.6 Å². The second-order valence-corrected chi connectivity index (χ2v) is 14.8. The Labute approximate surface area is 295 Å². The van der Waals surface area contributed by atoms with Gasteiger partial charge in [-0.2, -0.15) is 0 Å². The second-order valence-electron chi connectivity index (χ2n) is 14.8. The van der Waals surface area contributed by atoms with Crippen LogP contribution in [0.4, 0.5) is 34.6 Å². The minimum absolute atomic E-state index is 0.117. The number of hydrogen-bond acceptors (Lipinski definition) is 6. The highest BCUT2D eigenvalue weighted by Crippen LogP contribution is 2.53. The third-order valence-corrected chi connectivity index (χ3v) is 11.7. The largest absolute Gasteiger partial charge is 0.381 e. The van der Waals surface area contributed by atoms with Crippen LogP contribution in [0.25, 0.3) is 0 Å². The number of benzene rings is 3. The Morgan fingerprint density at radius 1 is 0.882 bits per heavy atom. The Hall–Kier alpha value is -4.19. The zero-order chi connectivity index (χ0) is 35.7. The van der Waals surface area contributed by atoms with E-state index in [-0.39, 0.29) is 41.7 Å². The number of piperidine rings is 2. The number of carbonyl (C=O) groups excluding carboxylic acids is 1. The first-order valence-electron chi connectivity index (χ1n) is 18.2. The molecule has 0 radical (unpaired) electrons. The van der Waals surface area contributed by atoms with Crippen LogP contribution in [0.15, 0.2) is 48.5 Å². The van der Waals surface area contributed by atoms with E-state index >= 15 is 4.39 Å². The second kappa shape index (κ2) is 14.8. The average Bonchev–Trinajstić information content (AvgIpc) is 3.41. The standard InChI is InChI=1S/C39H44F4N4O4/c40-28-5-6-29-27(20-38(48)44-34(26-8-16-51-17-9-26)19-25-4-7-31(41)32(42)18-25)24-39(30(29)21-28)10-14-46(15-11-39)35-23-36(45-12-2-1-3-13-45)37(47(49)50)22-33(35)43/h4-7,18,21-23,26-27,34H,1-3,8-17,19-20,24H2,(H,44,48)/t27-,34-/m1/s1. The van der Waals surface area contributed by atoms with E-state index in [0.717, 1.165) is 55.4 Å². The summed E-state index contributed by atoms with van der Waals surface area (Å²) in [5.41, 5.74) is 2.59. The lowest BCUT2D eigenvalue weighted by molar-refractivity contribution is -0.384. The maximum atomic E-state index is 15.5. The predicted molar refractivity (Wildman–Crippen MR) is 186 cm³/mol. The molecule has 0 bridgehead atoms. The minimum atomic E-state index is -0.922. The predicted octanol–water partition coefficient (Wildman–Crippen LogP) is 7.71. The number of nitro groups is 1. The third-order valence-electron chi connectivity index (χ3n) is 11.7. The molecular formula is C39H44F4N4O4. The van der Waals surface area contributed by atoms with Crippen molar-refractivity contribution in [3.05, 3.63) is 98.6 Å². The Bertz CT molecular complexity index is 1770. The van der Waals surface area contributed by atoms with Gasteiger partial charge in [0.15, 0.2) is 17.5 Å². The first-order valence-corrected chi connectivity index (χ1v) is 18.2. The van der Waals surface area contributed by atoms with Gasteiger partial charge in [0.05, 0.1) is 16.7 Å². The molecule has 1 aliphatic carbocycles. The van der Waals surface area contributed by atoms with Crippen LogP contribution in [0.2, 0.25) is 0 Å². The van der Waals surface area contributed by atoms with E-state index in [1.165, 1.54) is 12.1 Å². The smallest absolute Gasteiger partial charge is 0.295 e. The van der Waals surface area contributed by atoms with Crippen LogP contribution >= 0.6 is 0 Å². The van der Waals surface area contributed by atoms with Crippen molar-refractivity contribution in [3.8, 4) is 0 Å². The van der Waals surface area contributed by atoms with E-state index in [2.05, 4.69) is 5.32 Å². The first-order chi connectivity index (χ1) is 24.6. The van der Waals surface area contributed by atoms with E-state index in [1.807, 2.05) is 9.80 Å². The minimum Gasteiger partial charge on any atom is -0.381 e. The van der Waals surface area contributed by atoms with Gasteiger partial charge < -0.3 is 19.9 Å². The highest BCUT2D eigenvalue weighted by Gasteiger charge is 2.46. The van der Waals surface area contributed by atoms with Gasteiger partial charge in [-0.05, 0) is 122 Å². The fraction of sp³-hybridized carbons (Fsp3) is 0.513. The number of fused-ring (bicyclic) bond motifs is 2. The van der Waals surface area contributed by atoms with Crippen LogP contribution < -0.4 is 15.1 Å². The van der Waals surface area contributed by atoms with Crippen LogP contribution in [0.1, 0.15) is 80.4 Å². The molecule has 3 saturated heterocycles. The number of ether oxygens (including phenoxy) is 1. The Morgan fingerprint density at radius 3 is 2.31 bits per heavy atom. The molecule has 0 saturated carbocycles. The lowest BCUT2D eigenvalue weighted by Crippen LogP contribution is -2.44. The maximum absolute atomic E-state index is 15.5. The van der Waals surface area contributed by atoms with Crippen LogP contribution in [0.5, 0.6) is 0 Å². The summed E-state index contributed by atoms with van der Waals surface area (Å²) in [6.45, 7) is 3.46. The molecule has 3 heterocycles. The molecule has 3 aromatic carbocycles. The van der Waals surface area contributed by atoms with Crippen molar-refractivity contribution in [2.75, 3.05) is 49.2 Å². The number of anilines is 2. The monoisotopic (exact) mass is 708 g/mol. The molecule has 2 atom stereocenters. The Morgan fingerprint density at radius 2 is 1.61 bits per heavy atom. The number of nitro benzene ring substituents is 1. The summed E-state index contributed by atoms with van der Waals surface area (Å²) < 4.78 is 63.6. The molecule has 0 aromatic heterocycles. The Balaban J connectivity index is 1.08. The summed E-state index contributed by atoms with van der Waals surface area (Å²) in [4.78, 5) is 29.0. The molecule has 1 amide bonds. The lowest BCUT2D eigenvalue weighted by atomic mass is 9.73. The molecule has 3 fully saturated rings. The van der Waals surface area contributed by atoms with Gasteiger partial charge in [-0.3, -0.25) is 14.9 Å². The van der Waals surface area contributed by atoms with Crippen molar-refractivity contribution < 1.29 is 32.0 Å². The summed E-state index contributed by atoms with van der Waals surface area (Å²) in [6.07, 6.45) is 6.81. The first kappa shape index (κ1) is 35.2. The van der Waals surface area contributed by atoms with E-state index < -0.39 is 27.8 Å². The number of amides is 1. The van der Waals surface area contributed by atoms with Gasteiger partial charge >= 0.3 is 0 Å². The van der Waals surface area contributed by atoms with Crippen LogP contribution in [0.3, 0.4) is 0 Å². The zero-order valence-corrected chi connectivity index (χ0v) is 28.7. The molecule has 4 aliphatic rings. The van der Waals surface area contributed by atoms with Crippen LogP contribution in [0, 0.1) is 39.3 Å². The highest BCUT2D eigenvalue weighted by atomic mass is 19.2. The van der Waals surface area contributed by atoms with Crippen molar-refractivity contribution in [1.82, 2.24) is 5.32 Å². The van der Waals surface area contributed by atoms with Gasteiger partial charge in [-0.25, -0.2) is 17.6 Å². The molecular weight excluding hydrogens is 664 g/mol. The van der Waals surface area contributed by atoms with Crippen LogP contribution in [-0.4, -0.2) is 56.3 Å². The number of halogens is 4. The number of carbonyl (C=O) groups is 1. The van der Waals surface area contributed by atoms with Gasteiger partial charge in [-0.15, -0.1) is 0 Å². The molecule has 3 aromatic rings. The lowest BCUT2D eigenvalue weighted by Gasteiger charge is -2.42. The van der Waals surface area contributed by atoms with Crippen molar-refractivity contribution in [3.63, 3.8) is 0 Å². The Kier molecular flexibility index (Phi) is 10.2. The summed E-state index contributed by atoms with van der Waals surface area (Å²) in [5.74, 6) is -3.01. The number of hydrogen-bond donors (Lipinski definition) is 1. The summed E-state index contributed by atoms with van der Waals surface area (Å²) >= 11 is 0. The molecule has 0 unspecified atom stereocenters. The van der Waals surface area contributed by atoms with Gasteiger partial charge in [0.1, 0.15) is 11.5 Å². The summed E-state index contributed by atoms with van der Waals surface area (Å²) in [7, 11) is 0. The molecule has 1 N–H and O–H groups in total. The van der Waals surface area contributed by atoms with E-state index in [4.69, 9.17) is 4.74 Å². The molecule has 272 valence electrons. The topological polar surface area (TPSA) is 88.0 Å². The molecule has 7 rings (SSSR count). The van der Waals surface area contributed by atoms with Gasteiger partial charge in [-0.1, -0.05) is 12.1 Å². The molecule has 12 heteroatoms. The van der Waals surface area contributed by atoms with E-state index in [0.29, 0.717) is 82.0 Å². The van der Waals surface area contributed by atoms with Crippen molar-refractivity contribution in [1.29, 1.82) is 0 Å². The number of nitrogens with zero attached hydrogens (tertiary/aromatic N) is 3. The molecule has 8 nitrogen and oxygen atoms in total. The van der Waals surface area contributed by atoms with Crippen molar-refractivity contribution >= 4 is 23.0 Å². The maximum Gasteiger partial charge on any atom is 0.295 e. The SMILES string of the molecule is O=C(C[C@@H]1CC2(CCN(c3cc(N4CCCCC4)c([N+](=O)[O-])cc3F)CC2)c2cc(F)ccc21)N[C@H](Cc1ccc(F)c(F)c1)C1CCOCC1. The normalized spacial score (nSPS) is 21.1. The fourth-order valence-corrected chi connectivity index (χ4v) is 9.05. The molecule has 51 heavy (non-hydrogen) atoms. The molecule has 1 spiro atoms. The molecule has 3 aliphatic heterocycles. The number of rotatable bonds is 9. The zero-order valence-electron chi connectivity index (χ0n) is 28.7. The van der Waals surface area contributed by atoms with E-state index in [1.54, 1.807) is 24.3 Å². The quantitative estimate of drug-likeness (QED) is 0.139. The number of nitrogens with one attached hydrogen (secondary N) is 1. The van der Waals surface area contributed by atoms with Gasteiger partial charge in [0.2, 0.25) is 5.91 Å². The summed E-state index contributed by atoms with van der Waals surface area (Å²) in [6, 6.07) is 11.0. The van der Waals surface area contributed by atoms with Crippen molar-refractivity contribution in [2.24, 2.45) is 5.92 Å².